The normalized spacial score (nSPS) is 11.0. The van der Waals surface area contributed by atoms with E-state index in [0.717, 1.165) is 16.5 Å². The minimum Gasteiger partial charge on any atom is -0.495 e. The quantitative estimate of drug-likeness (QED) is 0.373. The Balaban J connectivity index is 1.60. The molecule has 0 aliphatic heterocycles. The number of ether oxygens (including phenoxy) is 1. The average Bonchev–Trinajstić information content (AvgIpc) is 3.14. The molecule has 0 radical (unpaired) electrons. The van der Waals surface area contributed by atoms with E-state index in [1.165, 1.54) is 18.7 Å². The number of nitrogens with one attached hydrogen (secondary N) is 1. The number of hydrogen-bond acceptors (Lipinski definition) is 6. The van der Waals surface area contributed by atoms with Crippen molar-refractivity contribution in [1.82, 2.24) is 14.6 Å². The number of hydrogen-bond donors (Lipinski definition) is 1. The standard InChI is InChI=1S/C22H20N4O3S/c1-13-10-19-24-25-22(26(19)21-17(13)8-5-9-18(21)29-3)30-12-20(28)23-16-7-4-6-15(11-16)14(2)27/h4-11H,12H2,1-3H3,(H,23,28). The number of thioether (sulfide) groups is 1. The number of carbonyl (C=O) groups excluding carboxylic acids is 2. The Morgan fingerprint density at radius 3 is 2.70 bits per heavy atom. The third-order valence-electron chi connectivity index (χ3n) is 4.76. The largest absolute Gasteiger partial charge is 0.495 e. The summed E-state index contributed by atoms with van der Waals surface area (Å²) in [6, 6.07) is 14.7. The molecular formula is C22H20N4O3S. The van der Waals surface area contributed by atoms with Gasteiger partial charge in [0.15, 0.2) is 16.6 Å². The number of fused-ring (bicyclic) bond motifs is 3. The molecule has 0 bridgehead atoms. The van der Waals surface area contributed by atoms with Crippen molar-refractivity contribution in [3.05, 3.63) is 59.7 Å². The van der Waals surface area contributed by atoms with Crippen molar-refractivity contribution in [3.8, 4) is 5.75 Å². The van der Waals surface area contributed by atoms with E-state index >= 15 is 0 Å². The van der Waals surface area contributed by atoms with Crippen molar-refractivity contribution in [1.29, 1.82) is 0 Å². The predicted octanol–water partition coefficient (Wildman–Crippen LogP) is 4.13. The molecule has 0 fully saturated rings. The number of para-hydroxylation sites is 1. The molecule has 4 aromatic rings. The maximum atomic E-state index is 12.5. The third-order valence-corrected chi connectivity index (χ3v) is 5.69. The number of methoxy groups -OCH3 is 1. The van der Waals surface area contributed by atoms with Gasteiger partial charge in [0, 0.05) is 16.6 Å². The van der Waals surface area contributed by atoms with Crippen LogP contribution in [-0.2, 0) is 4.79 Å². The number of nitrogens with zero attached hydrogens (tertiary/aromatic N) is 3. The van der Waals surface area contributed by atoms with Crippen molar-refractivity contribution in [2.24, 2.45) is 0 Å². The number of rotatable bonds is 6. The van der Waals surface area contributed by atoms with Gasteiger partial charge >= 0.3 is 0 Å². The monoisotopic (exact) mass is 420 g/mol. The van der Waals surface area contributed by atoms with E-state index < -0.39 is 0 Å². The van der Waals surface area contributed by atoms with Crippen LogP contribution < -0.4 is 10.1 Å². The van der Waals surface area contributed by atoms with E-state index in [9.17, 15) is 9.59 Å². The predicted molar refractivity (Wildman–Crippen MR) is 118 cm³/mol. The van der Waals surface area contributed by atoms with E-state index in [4.69, 9.17) is 4.74 Å². The van der Waals surface area contributed by atoms with Crippen LogP contribution in [0.5, 0.6) is 5.75 Å². The molecule has 30 heavy (non-hydrogen) atoms. The zero-order chi connectivity index (χ0) is 21.3. The summed E-state index contributed by atoms with van der Waals surface area (Å²) in [6.07, 6.45) is 0. The van der Waals surface area contributed by atoms with Crippen molar-refractivity contribution in [3.63, 3.8) is 0 Å². The van der Waals surface area contributed by atoms with Crippen molar-refractivity contribution < 1.29 is 14.3 Å². The van der Waals surface area contributed by atoms with Gasteiger partial charge in [0.2, 0.25) is 5.91 Å². The molecule has 1 N–H and O–H groups in total. The number of pyridine rings is 1. The van der Waals surface area contributed by atoms with Crippen LogP contribution in [-0.4, -0.2) is 39.2 Å². The summed E-state index contributed by atoms with van der Waals surface area (Å²) in [5.74, 6) is 0.621. The van der Waals surface area contributed by atoms with E-state index in [-0.39, 0.29) is 17.4 Å². The van der Waals surface area contributed by atoms with E-state index in [0.29, 0.717) is 27.8 Å². The summed E-state index contributed by atoms with van der Waals surface area (Å²) in [4.78, 5) is 24.0. The lowest BCUT2D eigenvalue weighted by Gasteiger charge is -2.11. The summed E-state index contributed by atoms with van der Waals surface area (Å²) in [5.41, 5.74) is 3.78. The first-order valence-corrected chi connectivity index (χ1v) is 10.3. The van der Waals surface area contributed by atoms with Gasteiger partial charge in [-0.1, -0.05) is 36.0 Å². The van der Waals surface area contributed by atoms with Crippen molar-refractivity contribution in [2.45, 2.75) is 19.0 Å². The van der Waals surface area contributed by atoms with Crippen LogP contribution in [0.2, 0.25) is 0 Å². The number of anilines is 1. The van der Waals surface area contributed by atoms with Gasteiger partial charge in [-0.15, -0.1) is 10.2 Å². The minimum atomic E-state index is -0.194. The van der Waals surface area contributed by atoms with Gasteiger partial charge in [0.25, 0.3) is 0 Å². The van der Waals surface area contributed by atoms with Crippen LogP contribution >= 0.6 is 11.8 Å². The highest BCUT2D eigenvalue weighted by Gasteiger charge is 2.16. The number of carbonyl (C=O) groups is 2. The Labute approximate surface area is 177 Å². The number of aryl methyl sites for hydroxylation is 1. The van der Waals surface area contributed by atoms with Crippen LogP contribution in [0.15, 0.2) is 53.7 Å². The number of Topliss-reactive ketones (excluding diaryl/α,β-unsaturated/α-hetero) is 1. The molecule has 0 saturated carbocycles. The lowest BCUT2D eigenvalue weighted by molar-refractivity contribution is -0.113. The Kier molecular flexibility index (Phi) is 5.41. The maximum Gasteiger partial charge on any atom is 0.234 e. The highest BCUT2D eigenvalue weighted by Crippen LogP contribution is 2.31. The lowest BCUT2D eigenvalue weighted by atomic mass is 10.1. The van der Waals surface area contributed by atoms with E-state index in [1.807, 2.05) is 35.6 Å². The molecule has 7 nitrogen and oxygen atoms in total. The van der Waals surface area contributed by atoms with Gasteiger partial charge in [0.05, 0.1) is 18.4 Å². The fourth-order valence-corrected chi connectivity index (χ4v) is 4.07. The lowest BCUT2D eigenvalue weighted by Crippen LogP contribution is -2.14. The highest BCUT2D eigenvalue weighted by atomic mass is 32.2. The van der Waals surface area contributed by atoms with Gasteiger partial charge in [-0.25, -0.2) is 0 Å². The molecule has 1 amide bonds. The van der Waals surface area contributed by atoms with Gasteiger partial charge in [-0.3, -0.25) is 14.0 Å². The zero-order valence-electron chi connectivity index (χ0n) is 16.8. The molecule has 0 saturated heterocycles. The van der Waals surface area contributed by atoms with Gasteiger partial charge in [0.1, 0.15) is 5.75 Å². The first-order valence-electron chi connectivity index (χ1n) is 9.33. The molecule has 8 heteroatoms. The first-order chi connectivity index (χ1) is 14.5. The fraction of sp³-hybridized carbons (Fsp3) is 0.182. The Morgan fingerprint density at radius 2 is 1.93 bits per heavy atom. The minimum absolute atomic E-state index is 0.0495. The average molecular weight is 420 g/mol. The van der Waals surface area contributed by atoms with Crippen LogP contribution in [0.1, 0.15) is 22.8 Å². The molecule has 0 unspecified atom stereocenters. The number of benzene rings is 2. The molecule has 0 atom stereocenters. The number of ketones is 1. The SMILES string of the molecule is COc1cccc2c(C)cc3nnc(SCC(=O)Nc4cccc(C(C)=O)c4)n3c12. The second-order valence-electron chi connectivity index (χ2n) is 6.83. The summed E-state index contributed by atoms with van der Waals surface area (Å²) < 4.78 is 7.47. The summed E-state index contributed by atoms with van der Waals surface area (Å²) in [7, 11) is 1.63. The first kappa shape index (κ1) is 19.9. The van der Waals surface area contributed by atoms with Gasteiger partial charge in [-0.2, -0.15) is 0 Å². The Bertz CT molecular complexity index is 1280. The molecule has 0 spiro atoms. The highest BCUT2D eigenvalue weighted by molar-refractivity contribution is 7.99. The molecule has 152 valence electrons. The molecule has 4 rings (SSSR count). The topological polar surface area (TPSA) is 85.6 Å². The number of amides is 1. The van der Waals surface area contributed by atoms with E-state index in [2.05, 4.69) is 15.5 Å². The molecule has 0 aliphatic rings. The molecular weight excluding hydrogens is 400 g/mol. The number of aromatic nitrogens is 3. The summed E-state index contributed by atoms with van der Waals surface area (Å²) in [6.45, 7) is 3.51. The molecule has 0 aliphatic carbocycles. The molecule has 2 aromatic carbocycles. The summed E-state index contributed by atoms with van der Waals surface area (Å²) >= 11 is 1.29. The zero-order valence-corrected chi connectivity index (χ0v) is 17.6. The van der Waals surface area contributed by atoms with E-state index in [1.54, 1.807) is 31.4 Å². The van der Waals surface area contributed by atoms with Crippen molar-refractivity contribution >= 4 is 45.7 Å². The second kappa shape index (κ2) is 8.16. The summed E-state index contributed by atoms with van der Waals surface area (Å²) in [5, 5.41) is 13.0. The van der Waals surface area contributed by atoms with Gasteiger partial charge in [-0.05, 0) is 43.7 Å². The molecule has 2 aromatic heterocycles. The van der Waals surface area contributed by atoms with Crippen LogP contribution in [0.3, 0.4) is 0 Å². The maximum absolute atomic E-state index is 12.5. The second-order valence-corrected chi connectivity index (χ2v) is 7.78. The van der Waals surface area contributed by atoms with Crippen LogP contribution in [0.25, 0.3) is 16.6 Å². The van der Waals surface area contributed by atoms with Crippen LogP contribution in [0.4, 0.5) is 5.69 Å². The Morgan fingerprint density at radius 1 is 1.13 bits per heavy atom. The van der Waals surface area contributed by atoms with Crippen LogP contribution in [0, 0.1) is 6.92 Å². The van der Waals surface area contributed by atoms with Crippen molar-refractivity contribution in [2.75, 3.05) is 18.2 Å². The smallest absolute Gasteiger partial charge is 0.234 e. The third kappa shape index (κ3) is 3.73. The fourth-order valence-electron chi connectivity index (χ4n) is 3.33. The Hall–Kier alpha value is -3.39. The van der Waals surface area contributed by atoms with Gasteiger partial charge < -0.3 is 10.1 Å². The molecule has 2 heterocycles.